The fraction of sp³-hybridized carbons (Fsp3) is 0.588. The van der Waals surface area contributed by atoms with Crippen LogP contribution in [0.2, 0.25) is 0 Å². The molecule has 1 aliphatic rings. The van der Waals surface area contributed by atoms with Crippen LogP contribution < -0.4 is 15.5 Å². The number of carbonyl (C=O) groups excluding carboxylic acids is 1. The lowest BCUT2D eigenvalue weighted by Crippen LogP contribution is -2.49. The highest BCUT2D eigenvalue weighted by atomic mass is 19.1. The number of hydrogen-bond donors (Lipinski definition) is 2. The molecule has 0 aliphatic carbocycles. The molecule has 1 atom stereocenters. The predicted molar refractivity (Wildman–Crippen MR) is 97.2 cm³/mol. The van der Waals surface area contributed by atoms with Gasteiger partial charge in [-0.1, -0.05) is 0 Å². The van der Waals surface area contributed by atoms with E-state index in [4.69, 9.17) is 4.74 Å². The Bertz CT molecular complexity index is 690. The van der Waals surface area contributed by atoms with E-state index in [2.05, 4.69) is 10.6 Å². The standard InChI is InChI=1S/C17H25FN4O4/c1-17(2,3)26-16(23)20-12-6-5-7-21(10-12)14-9-11(18)8-13(19-4)15(14)22(24)25/h8-9,12,19H,5-7,10H2,1-4H3,(H,20,23)/t12-/m1/s1. The number of hydrogen-bond acceptors (Lipinski definition) is 6. The van der Waals surface area contributed by atoms with Gasteiger partial charge in [-0.2, -0.15) is 0 Å². The normalized spacial score (nSPS) is 17.6. The van der Waals surface area contributed by atoms with Crippen molar-refractivity contribution < 1.29 is 18.8 Å². The van der Waals surface area contributed by atoms with E-state index in [9.17, 15) is 19.3 Å². The molecule has 1 heterocycles. The van der Waals surface area contributed by atoms with Crippen LogP contribution in [-0.4, -0.2) is 42.8 Å². The quantitative estimate of drug-likeness (QED) is 0.625. The number of nitro benzene ring substituents is 1. The Balaban J connectivity index is 2.20. The number of anilines is 2. The van der Waals surface area contributed by atoms with E-state index in [0.717, 1.165) is 18.6 Å². The molecule has 0 bridgehead atoms. The largest absolute Gasteiger partial charge is 0.444 e. The zero-order valence-electron chi connectivity index (χ0n) is 15.5. The van der Waals surface area contributed by atoms with E-state index >= 15 is 0 Å². The van der Waals surface area contributed by atoms with Crippen LogP contribution in [0.15, 0.2) is 12.1 Å². The Morgan fingerprint density at radius 2 is 2.12 bits per heavy atom. The van der Waals surface area contributed by atoms with Crippen molar-refractivity contribution in [2.75, 3.05) is 30.4 Å². The number of alkyl carbamates (subject to hydrolysis) is 1. The van der Waals surface area contributed by atoms with Gasteiger partial charge in [-0.15, -0.1) is 0 Å². The van der Waals surface area contributed by atoms with Crippen LogP contribution in [0.5, 0.6) is 0 Å². The Morgan fingerprint density at radius 3 is 2.69 bits per heavy atom. The van der Waals surface area contributed by atoms with Crippen molar-refractivity contribution in [1.82, 2.24) is 5.32 Å². The average Bonchev–Trinajstić information content (AvgIpc) is 2.51. The van der Waals surface area contributed by atoms with E-state index in [1.165, 1.54) is 7.05 Å². The smallest absolute Gasteiger partial charge is 0.407 e. The van der Waals surface area contributed by atoms with Gasteiger partial charge in [0.2, 0.25) is 0 Å². The highest BCUT2D eigenvalue weighted by molar-refractivity contribution is 5.77. The minimum atomic E-state index is -0.610. The fourth-order valence-corrected chi connectivity index (χ4v) is 3.00. The second kappa shape index (κ2) is 7.76. The second-order valence-electron chi connectivity index (χ2n) is 7.26. The summed E-state index contributed by atoms with van der Waals surface area (Å²) in [5.74, 6) is -0.558. The van der Waals surface area contributed by atoms with Crippen molar-refractivity contribution in [2.24, 2.45) is 0 Å². The molecule has 0 saturated carbocycles. The Kier molecular flexibility index (Phi) is 5.89. The molecule has 2 N–H and O–H groups in total. The maximum Gasteiger partial charge on any atom is 0.407 e. The molecule has 26 heavy (non-hydrogen) atoms. The monoisotopic (exact) mass is 368 g/mol. The molecule has 1 aliphatic heterocycles. The summed E-state index contributed by atoms with van der Waals surface area (Å²) < 4.78 is 19.2. The molecule has 8 nitrogen and oxygen atoms in total. The van der Waals surface area contributed by atoms with Crippen LogP contribution in [0.1, 0.15) is 33.6 Å². The molecule has 1 fully saturated rings. The summed E-state index contributed by atoms with van der Waals surface area (Å²) in [5, 5.41) is 17.0. The molecule has 0 aromatic heterocycles. The number of benzene rings is 1. The van der Waals surface area contributed by atoms with Gasteiger partial charge < -0.3 is 20.3 Å². The lowest BCUT2D eigenvalue weighted by molar-refractivity contribution is -0.383. The zero-order valence-corrected chi connectivity index (χ0v) is 15.5. The van der Waals surface area contributed by atoms with E-state index in [0.29, 0.717) is 19.5 Å². The molecule has 0 radical (unpaired) electrons. The number of carbonyl (C=O) groups is 1. The van der Waals surface area contributed by atoms with Crippen molar-refractivity contribution in [1.29, 1.82) is 0 Å². The summed E-state index contributed by atoms with van der Waals surface area (Å²) in [7, 11) is 1.51. The third-order valence-corrected chi connectivity index (χ3v) is 3.99. The first-order chi connectivity index (χ1) is 12.1. The molecule has 144 valence electrons. The van der Waals surface area contributed by atoms with Crippen molar-refractivity contribution in [2.45, 2.75) is 45.3 Å². The Hall–Kier alpha value is -2.58. The van der Waals surface area contributed by atoms with Crippen molar-refractivity contribution >= 4 is 23.2 Å². The van der Waals surface area contributed by atoms with Crippen LogP contribution >= 0.6 is 0 Å². The van der Waals surface area contributed by atoms with Gasteiger partial charge in [0.15, 0.2) is 0 Å². The summed E-state index contributed by atoms with van der Waals surface area (Å²) in [6.07, 6.45) is 0.898. The first kappa shape index (κ1) is 19.7. The number of amides is 1. The van der Waals surface area contributed by atoms with E-state index in [1.807, 2.05) is 0 Å². The minimum absolute atomic E-state index is 0.118. The molecule has 1 aromatic rings. The van der Waals surface area contributed by atoms with Crippen LogP contribution in [0.3, 0.4) is 0 Å². The van der Waals surface area contributed by atoms with Gasteiger partial charge in [0, 0.05) is 38.3 Å². The molecular weight excluding hydrogens is 343 g/mol. The molecule has 0 spiro atoms. The lowest BCUT2D eigenvalue weighted by atomic mass is 10.0. The molecule has 1 aromatic carbocycles. The Labute approximate surface area is 151 Å². The van der Waals surface area contributed by atoms with Gasteiger partial charge in [-0.25, -0.2) is 9.18 Å². The maximum absolute atomic E-state index is 13.9. The molecule has 2 rings (SSSR count). The first-order valence-corrected chi connectivity index (χ1v) is 8.51. The summed E-state index contributed by atoms with van der Waals surface area (Å²) in [6, 6.07) is 2.02. The topological polar surface area (TPSA) is 96.7 Å². The molecular formula is C17H25FN4O4. The number of nitro groups is 1. The van der Waals surface area contributed by atoms with Gasteiger partial charge in [-0.3, -0.25) is 10.1 Å². The van der Waals surface area contributed by atoms with Crippen molar-refractivity contribution in [3.8, 4) is 0 Å². The van der Waals surface area contributed by atoms with Gasteiger partial charge in [0.25, 0.3) is 0 Å². The first-order valence-electron chi connectivity index (χ1n) is 8.51. The zero-order chi connectivity index (χ0) is 19.5. The average molecular weight is 368 g/mol. The summed E-state index contributed by atoms with van der Waals surface area (Å²) >= 11 is 0. The number of ether oxygens (including phenoxy) is 1. The number of halogens is 1. The number of rotatable bonds is 4. The third-order valence-electron chi connectivity index (χ3n) is 3.99. The third kappa shape index (κ3) is 4.96. The number of piperidine rings is 1. The van der Waals surface area contributed by atoms with Crippen LogP contribution in [0, 0.1) is 15.9 Å². The van der Waals surface area contributed by atoms with Gasteiger partial charge >= 0.3 is 11.8 Å². The SMILES string of the molecule is CNc1cc(F)cc(N2CCC[C@@H](NC(=O)OC(C)(C)C)C2)c1[N+](=O)[O-]. The van der Waals surface area contributed by atoms with Gasteiger partial charge in [-0.05, 0) is 33.6 Å². The molecule has 9 heteroatoms. The van der Waals surface area contributed by atoms with Crippen molar-refractivity contribution in [3.05, 3.63) is 28.1 Å². The lowest BCUT2D eigenvalue weighted by Gasteiger charge is -2.35. The summed E-state index contributed by atoms with van der Waals surface area (Å²) in [4.78, 5) is 24.7. The Morgan fingerprint density at radius 1 is 1.42 bits per heavy atom. The number of nitrogens with one attached hydrogen (secondary N) is 2. The highest BCUT2D eigenvalue weighted by Crippen LogP contribution is 2.37. The van der Waals surface area contributed by atoms with Crippen molar-refractivity contribution in [3.63, 3.8) is 0 Å². The van der Waals surface area contributed by atoms with E-state index < -0.39 is 22.4 Å². The minimum Gasteiger partial charge on any atom is -0.444 e. The van der Waals surface area contributed by atoms with E-state index in [1.54, 1.807) is 25.7 Å². The maximum atomic E-state index is 13.9. The summed E-state index contributed by atoms with van der Waals surface area (Å²) in [5.41, 5.74) is -0.462. The highest BCUT2D eigenvalue weighted by Gasteiger charge is 2.30. The number of nitrogens with zero attached hydrogens (tertiary/aromatic N) is 2. The van der Waals surface area contributed by atoms with E-state index in [-0.39, 0.29) is 23.1 Å². The van der Waals surface area contributed by atoms with Crippen LogP contribution in [-0.2, 0) is 4.74 Å². The molecule has 1 saturated heterocycles. The van der Waals surface area contributed by atoms with Crippen LogP contribution in [0.4, 0.5) is 26.2 Å². The fourth-order valence-electron chi connectivity index (χ4n) is 3.00. The van der Waals surface area contributed by atoms with Gasteiger partial charge in [0.1, 0.15) is 22.8 Å². The predicted octanol–water partition coefficient (Wildman–Crippen LogP) is 3.27. The molecule has 0 unspecified atom stereocenters. The van der Waals surface area contributed by atoms with Gasteiger partial charge in [0.05, 0.1) is 4.92 Å². The van der Waals surface area contributed by atoms with Crippen LogP contribution in [0.25, 0.3) is 0 Å². The second-order valence-corrected chi connectivity index (χ2v) is 7.26. The molecule has 1 amide bonds. The summed E-state index contributed by atoms with van der Waals surface area (Å²) in [6.45, 7) is 6.20.